The SMILES string of the molecule is CCCOC(=O)C(SCCCCCC(F)F)C(C)C. The maximum atomic E-state index is 11.9. The molecule has 0 saturated carbocycles. The number of esters is 1. The number of thioether (sulfide) groups is 1. The van der Waals surface area contributed by atoms with Crippen LogP contribution in [0.5, 0.6) is 0 Å². The third-order valence-electron chi connectivity index (χ3n) is 2.65. The fourth-order valence-corrected chi connectivity index (χ4v) is 2.82. The van der Waals surface area contributed by atoms with E-state index in [0.29, 0.717) is 13.0 Å². The number of hydrogen-bond acceptors (Lipinski definition) is 3. The summed E-state index contributed by atoms with van der Waals surface area (Å²) >= 11 is 1.58. The zero-order chi connectivity index (χ0) is 14.7. The van der Waals surface area contributed by atoms with Crippen LogP contribution in [-0.2, 0) is 9.53 Å². The molecule has 0 heterocycles. The number of alkyl halides is 2. The second-order valence-corrected chi connectivity index (χ2v) is 6.19. The fraction of sp³-hybridized carbons (Fsp3) is 0.929. The molecule has 0 saturated heterocycles. The maximum absolute atomic E-state index is 11.9. The van der Waals surface area contributed by atoms with E-state index < -0.39 is 6.43 Å². The second-order valence-electron chi connectivity index (χ2n) is 4.94. The van der Waals surface area contributed by atoms with Gasteiger partial charge >= 0.3 is 5.97 Å². The van der Waals surface area contributed by atoms with Crippen molar-refractivity contribution in [2.75, 3.05) is 12.4 Å². The summed E-state index contributed by atoms with van der Waals surface area (Å²) in [6.07, 6.45) is 0.852. The Labute approximate surface area is 119 Å². The van der Waals surface area contributed by atoms with Gasteiger partial charge < -0.3 is 4.74 Å². The predicted octanol–water partition coefficient (Wildman–Crippen LogP) is 4.52. The van der Waals surface area contributed by atoms with E-state index in [1.807, 2.05) is 20.8 Å². The molecular formula is C14H26F2O2S. The Bertz CT molecular complexity index is 235. The molecule has 1 atom stereocenters. The summed E-state index contributed by atoms with van der Waals surface area (Å²) in [6, 6.07) is 0. The molecule has 0 fully saturated rings. The molecule has 114 valence electrons. The van der Waals surface area contributed by atoms with Crippen LogP contribution in [0, 0.1) is 5.92 Å². The molecule has 2 nitrogen and oxygen atoms in total. The lowest BCUT2D eigenvalue weighted by Gasteiger charge is -2.18. The van der Waals surface area contributed by atoms with Crippen molar-refractivity contribution >= 4 is 17.7 Å². The molecular weight excluding hydrogens is 270 g/mol. The Hall–Kier alpha value is -0.320. The lowest BCUT2D eigenvalue weighted by atomic mass is 10.1. The average molecular weight is 296 g/mol. The first-order valence-electron chi connectivity index (χ1n) is 7.05. The standard InChI is InChI=1S/C14H26F2O2S/c1-4-9-18-14(17)13(11(2)3)19-10-7-5-6-8-12(15)16/h11-13H,4-10H2,1-3H3. The zero-order valence-corrected chi connectivity index (χ0v) is 13.0. The topological polar surface area (TPSA) is 26.3 Å². The van der Waals surface area contributed by atoms with Crippen LogP contribution in [0.15, 0.2) is 0 Å². The van der Waals surface area contributed by atoms with Gasteiger partial charge in [0.15, 0.2) is 0 Å². The van der Waals surface area contributed by atoms with Crippen molar-refractivity contribution in [2.24, 2.45) is 5.92 Å². The maximum Gasteiger partial charge on any atom is 0.319 e. The van der Waals surface area contributed by atoms with Crippen molar-refractivity contribution in [3.8, 4) is 0 Å². The lowest BCUT2D eigenvalue weighted by Crippen LogP contribution is -2.26. The molecule has 0 aromatic carbocycles. The van der Waals surface area contributed by atoms with Crippen molar-refractivity contribution in [1.82, 2.24) is 0 Å². The Balaban J connectivity index is 3.80. The molecule has 0 aliphatic heterocycles. The largest absolute Gasteiger partial charge is 0.465 e. The number of carbonyl (C=O) groups excluding carboxylic acids is 1. The van der Waals surface area contributed by atoms with Crippen molar-refractivity contribution in [2.45, 2.75) is 64.6 Å². The molecule has 0 aliphatic carbocycles. The van der Waals surface area contributed by atoms with E-state index >= 15 is 0 Å². The van der Waals surface area contributed by atoms with E-state index in [1.165, 1.54) is 0 Å². The number of unbranched alkanes of at least 4 members (excludes halogenated alkanes) is 2. The average Bonchev–Trinajstić information content (AvgIpc) is 2.34. The molecule has 19 heavy (non-hydrogen) atoms. The Morgan fingerprint density at radius 3 is 2.42 bits per heavy atom. The molecule has 0 spiro atoms. The molecule has 0 aromatic heterocycles. The molecule has 0 rings (SSSR count). The predicted molar refractivity (Wildman–Crippen MR) is 76.8 cm³/mol. The molecule has 0 bridgehead atoms. The molecule has 5 heteroatoms. The highest BCUT2D eigenvalue weighted by molar-refractivity contribution is 8.00. The van der Waals surface area contributed by atoms with Crippen molar-refractivity contribution in [1.29, 1.82) is 0 Å². The first kappa shape index (κ1) is 18.7. The highest BCUT2D eigenvalue weighted by Gasteiger charge is 2.23. The summed E-state index contributed by atoms with van der Waals surface area (Å²) in [5, 5.41) is -0.137. The van der Waals surface area contributed by atoms with Gasteiger partial charge in [0.1, 0.15) is 5.25 Å². The molecule has 1 unspecified atom stereocenters. The third kappa shape index (κ3) is 10.2. The minimum atomic E-state index is -2.19. The molecule has 0 radical (unpaired) electrons. The highest BCUT2D eigenvalue weighted by Crippen LogP contribution is 2.23. The number of ether oxygens (including phenoxy) is 1. The minimum Gasteiger partial charge on any atom is -0.465 e. The van der Waals surface area contributed by atoms with E-state index in [1.54, 1.807) is 11.8 Å². The van der Waals surface area contributed by atoms with Gasteiger partial charge in [0.05, 0.1) is 6.61 Å². The third-order valence-corrected chi connectivity index (χ3v) is 4.27. The first-order valence-corrected chi connectivity index (χ1v) is 8.10. The van der Waals surface area contributed by atoms with Gasteiger partial charge in [-0.15, -0.1) is 11.8 Å². The van der Waals surface area contributed by atoms with Crippen LogP contribution in [-0.4, -0.2) is 30.0 Å². The molecule has 0 amide bonds. The zero-order valence-electron chi connectivity index (χ0n) is 12.2. The second kappa shape index (κ2) is 11.5. The van der Waals surface area contributed by atoms with Crippen LogP contribution in [0.4, 0.5) is 8.78 Å². The quantitative estimate of drug-likeness (QED) is 0.414. The number of hydrogen-bond donors (Lipinski definition) is 0. The van der Waals surface area contributed by atoms with Crippen LogP contribution < -0.4 is 0 Å². The van der Waals surface area contributed by atoms with E-state index in [0.717, 1.165) is 25.0 Å². The smallest absolute Gasteiger partial charge is 0.319 e. The number of carbonyl (C=O) groups is 1. The van der Waals surface area contributed by atoms with Crippen molar-refractivity contribution in [3.05, 3.63) is 0 Å². The van der Waals surface area contributed by atoms with Gasteiger partial charge in [-0.1, -0.05) is 27.2 Å². The van der Waals surface area contributed by atoms with Crippen LogP contribution >= 0.6 is 11.8 Å². The monoisotopic (exact) mass is 296 g/mol. The van der Waals surface area contributed by atoms with E-state index in [9.17, 15) is 13.6 Å². The highest BCUT2D eigenvalue weighted by atomic mass is 32.2. The summed E-state index contributed by atoms with van der Waals surface area (Å²) < 4.78 is 29.0. The van der Waals surface area contributed by atoms with Gasteiger partial charge in [-0.3, -0.25) is 4.79 Å². The van der Waals surface area contributed by atoms with Crippen LogP contribution in [0.25, 0.3) is 0 Å². The number of rotatable bonds is 11. The van der Waals surface area contributed by atoms with Gasteiger partial charge in [-0.05, 0) is 30.9 Å². The van der Waals surface area contributed by atoms with Gasteiger partial charge in [0.25, 0.3) is 0 Å². The Morgan fingerprint density at radius 2 is 1.89 bits per heavy atom. The fourth-order valence-electron chi connectivity index (χ4n) is 1.61. The minimum absolute atomic E-state index is 0.0170. The van der Waals surface area contributed by atoms with Crippen LogP contribution in [0.3, 0.4) is 0 Å². The summed E-state index contributed by atoms with van der Waals surface area (Å²) in [7, 11) is 0. The van der Waals surface area contributed by atoms with Crippen molar-refractivity contribution < 1.29 is 18.3 Å². The Kier molecular flexibility index (Phi) is 11.3. The molecule has 0 aliphatic rings. The van der Waals surface area contributed by atoms with Crippen molar-refractivity contribution in [3.63, 3.8) is 0 Å². The molecule has 0 N–H and O–H groups in total. The van der Waals surface area contributed by atoms with Gasteiger partial charge in [0.2, 0.25) is 6.43 Å². The summed E-state index contributed by atoms with van der Waals surface area (Å²) in [5.74, 6) is 0.915. The molecule has 0 aromatic rings. The Morgan fingerprint density at radius 1 is 1.21 bits per heavy atom. The summed E-state index contributed by atoms with van der Waals surface area (Å²) in [5.41, 5.74) is 0. The van der Waals surface area contributed by atoms with Crippen LogP contribution in [0.2, 0.25) is 0 Å². The normalized spacial score (nSPS) is 13.0. The van der Waals surface area contributed by atoms with Gasteiger partial charge in [-0.2, -0.15) is 0 Å². The van der Waals surface area contributed by atoms with Gasteiger partial charge in [0, 0.05) is 6.42 Å². The van der Waals surface area contributed by atoms with E-state index in [-0.39, 0.29) is 23.6 Å². The van der Waals surface area contributed by atoms with Crippen LogP contribution in [0.1, 0.15) is 52.9 Å². The summed E-state index contributed by atoms with van der Waals surface area (Å²) in [6.45, 7) is 6.44. The first-order chi connectivity index (χ1) is 8.99. The van der Waals surface area contributed by atoms with Gasteiger partial charge in [-0.25, -0.2) is 8.78 Å². The summed E-state index contributed by atoms with van der Waals surface area (Å²) in [4.78, 5) is 11.8. The van der Waals surface area contributed by atoms with E-state index in [2.05, 4.69) is 0 Å². The van der Waals surface area contributed by atoms with E-state index in [4.69, 9.17) is 4.74 Å². The lowest BCUT2D eigenvalue weighted by molar-refractivity contribution is -0.143. The number of halogens is 2.